The van der Waals surface area contributed by atoms with Gasteiger partial charge in [-0.3, -0.25) is 5.10 Å². The van der Waals surface area contributed by atoms with Crippen LogP contribution < -0.4 is 0 Å². The minimum atomic E-state index is -3.91. The van der Waals surface area contributed by atoms with E-state index in [1.54, 1.807) is 26.0 Å². The number of aromatic amines is 1. The Labute approximate surface area is 143 Å². The molecule has 0 aliphatic carbocycles. The number of aromatic nitrogens is 2. The van der Waals surface area contributed by atoms with E-state index in [9.17, 15) is 13.2 Å². The molecule has 0 spiro atoms. The van der Waals surface area contributed by atoms with Gasteiger partial charge in [0.05, 0.1) is 17.1 Å². The number of esters is 1. The Kier molecular flexibility index (Phi) is 5.79. The van der Waals surface area contributed by atoms with Crippen molar-refractivity contribution in [3.8, 4) is 0 Å². The number of rotatable bonds is 7. The molecule has 10 heteroatoms. The molecule has 0 aliphatic heterocycles. The number of carbonyl (C=O) groups is 1. The van der Waals surface area contributed by atoms with Gasteiger partial charge in [-0.05, 0) is 19.1 Å². The van der Waals surface area contributed by atoms with Gasteiger partial charge in [0.2, 0.25) is 0 Å². The van der Waals surface area contributed by atoms with Crippen LogP contribution in [0, 0.1) is 0 Å². The fraction of sp³-hybridized carbons (Fsp3) is 0.385. The number of nitrogens with zero attached hydrogens (tertiary/aromatic N) is 2. The lowest BCUT2D eigenvalue weighted by molar-refractivity contribution is 0.0521. The molecule has 0 aromatic carbocycles. The van der Waals surface area contributed by atoms with Crippen molar-refractivity contribution in [2.75, 3.05) is 13.2 Å². The van der Waals surface area contributed by atoms with E-state index in [2.05, 4.69) is 10.2 Å². The summed E-state index contributed by atoms with van der Waals surface area (Å²) in [5.41, 5.74) is -0.102. The monoisotopic (exact) mass is 377 g/mol. The van der Waals surface area contributed by atoms with E-state index in [1.165, 1.54) is 15.6 Å². The first-order valence-electron chi connectivity index (χ1n) is 6.85. The number of hydrogen-bond acceptors (Lipinski definition) is 6. The summed E-state index contributed by atoms with van der Waals surface area (Å²) in [4.78, 5) is 12.7. The summed E-state index contributed by atoms with van der Waals surface area (Å²) in [7, 11) is -3.91. The van der Waals surface area contributed by atoms with Crippen LogP contribution in [-0.4, -0.2) is 42.0 Å². The number of ether oxygens (including phenoxy) is 1. The van der Waals surface area contributed by atoms with E-state index in [-0.39, 0.29) is 30.3 Å². The van der Waals surface area contributed by atoms with Crippen molar-refractivity contribution in [2.45, 2.75) is 25.4 Å². The van der Waals surface area contributed by atoms with Gasteiger partial charge in [-0.15, -0.1) is 11.3 Å². The Morgan fingerprint density at radius 3 is 2.74 bits per heavy atom. The summed E-state index contributed by atoms with van der Waals surface area (Å²) in [6.45, 7) is 3.91. The van der Waals surface area contributed by atoms with Gasteiger partial charge in [0.1, 0.15) is 5.56 Å². The van der Waals surface area contributed by atoms with Crippen molar-refractivity contribution < 1.29 is 17.9 Å². The molecular formula is C13H16ClN3O4S2. The maximum absolute atomic E-state index is 12.8. The predicted octanol–water partition coefficient (Wildman–Crippen LogP) is 2.51. The number of thiophene rings is 1. The van der Waals surface area contributed by atoms with Crippen molar-refractivity contribution in [2.24, 2.45) is 0 Å². The number of H-pyrrole nitrogens is 1. The van der Waals surface area contributed by atoms with Crippen LogP contribution in [-0.2, 0) is 21.3 Å². The number of sulfonamides is 1. The van der Waals surface area contributed by atoms with Crippen molar-refractivity contribution >= 4 is 38.9 Å². The standard InChI is InChI=1S/C13H16ClN3O4S2/c1-3-17(8-9-5-6-11(14)22-9)23(19,20)12-10(7-15-16-12)13(18)21-4-2/h5-7H,3-4,8H2,1-2H3,(H,15,16). The molecule has 0 unspecified atom stereocenters. The van der Waals surface area contributed by atoms with Gasteiger partial charge in [-0.2, -0.15) is 9.40 Å². The van der Waals surface area contributed by atoms with Crippen LogP contribution in [0.2, 0.25) is 4.34 Å². The number of nitrogens with one attached hydrogen (secondary N) is 1. The molecule has 0 saturated heterocycles. The second-order valence-corrected chi connectivity index (χ2v) is 8.14. The Hall–Kier alpha value is -1.42. The molecular weight excluding hydrogens is 362 g/mol. The highest BCUT2D eigenvalue weighted by Gasteiger charge is 2.31. The molecule has 0 amide bonds. The normalized spacial score (nSPS) is 11.8. The molecule has 0 saturated carbocycles. The second kappa shape index (κ2) is 7.43. The highest BCUT2D eigenvalue weighted by atomic mass is 35.5. The predicted molar refractivity (Wildman–Crippen MR) is 87.1 cm³/mol. The summed E-state index contributed by atoms with van der Waals surface area (Å²) >= 11 is 7.18. The van der Waals surface area contributed by atoms with E-state index in [0.29, 0.717) is 4.34 Å². The number of hydrogen-bond donors (Lipinski definition) is 1. The number of halogens is 1. The molecule has 2 heterocycles. The van der Waals surface area contributed by atoms with E-state index < -0.39 is 16.0 Å². The zero-order chi connectivity index (χ0) is 17.0. The summed E-state index contributed by atoms with van der Waals surface area (Å²) < 4.78 is 32.3. The Balaban J connectivity index is 2.32. The first kappa shape index (κ1) is 17.9. The average molecular weight is 378 g/mol. The third-order valence-electron chi connectivity index (χ3n) is 3.01. The van der Waals surface area contributed by atoms with Crippen LogP contribution in [0.5, 0.6) is 0 Å². The first-order valence-corrected chi connectivity index (χ1v) is 9.48. The van der Waals surface area contributed by atoms with Crippen LogP contribution in [0.4, 0.5) is 0 Å². The lowest BCUT2D eigenvalue weighted by atomic mass is 10.4. The van der Waals surface area contributed by atoms with Gasteiger partial charge in [-0.1, -0.05) is 18.5 Å². The van der Waals surface area contributed by atoms with E-state index in [0.717, 1.165) is 11.1 Å². The summed E-state index contributed by atoms with van der Waals surface area (Å²) in [5, 5.41) is 5.79. The fourth-order valence-corrected chi connectivity index (χ4v) is 4.61. The van der Waals surface area contributed by atoms with Crippen LogP contribution in [0.3, 0.4) is 0 Å². The molecule has 1 N–H and O–H groups in total. The zero-order valence-electron chi connectivity index (χ0n) is 12.6. The van der Waals surface area contributed by atoms with Crippen molar-refractivity contribution in [1.82, 2.24) is 14.5 Å². The largest absolute Gasteiger partial charge is 0.462 e. The van der Waals surface area contributed by atoms with E-state index in [1.807, 2.05) is 0 Å². The summed E-state index contributed by atoms with van der Waals surface area (Å²) in [5.74, 6) is -0.727. The molecule has 2 aromatic rings. The lowest BCUT2D eigenvalue weighted by Gasteiger charge is -2.19. The summed E-state index contributed by atoms with van der Waals surface area (Å²) in [6.07, 6.45) is 1.15. The minimum absolute atomic E-state index is 0.102. The Bertz CT molecular complexity index is 785. The zero-order valence-corrected chi connectivity index (χ0v) is 15.0. The maximum Gasteiger partial charge on any atom is 0.342 e. The third kappa shape index (κ3) is 3.92. The molecule has 23 heavy (non-hydrogen) atoms. The molecule has 2 rings (SSSR count). The topological polar surface area (TPSA) is 92.4 Å². The average Bonchev–Trinajstić information content (AvgIpc) is 3.14. The maximum atomic E-state index is 12.8. The van der Waals surface area contributed by atoms with E-state index in [4.69, 9.17) is 16.3 Å². The highest BCUT2D eigenvalue weighted by molar-refractivity contribution is 7.89. The molecule has 0 aliphatic rings. The molecule has 0 radical (unpaired) electrons. The van der Waals surface area contributed by atoms with Gasteiger partial charge in [0.15, 0.2) is 5.03 Å². The van der Waals surface area contributed by atoms with Crippen molar-refractivity contribution in [3.63, 3.8) is 0 Å². The molecule has 0 bridgehead atoms. The molecule has 2 aromatic heterocycles. The quantitative estimate of drug-likeness (QED) is 0.748. The van der Waals surface area contributed by atoms with Gasteiger partial charge >= 0.3 is 5.97 Å². The van der Waals surface area contributed by atoms with Gasteiger partial charge in [0, 0.05) is 18.0 Å². The molecule has 126 valence electrons. The fourth-order valence-electron chi connectivity index (χ4n) is 1.93. The SMILES string of the molecule is CCOC(=O)c1cn[nH]c1S(=O)(=O)N(CC)Cc1ccc(Cl)s1. The first-order chi connectivity index (χ1) is 10.9. The third-order valence-corrected chi connectivity index (χ3v) is 6.12. The minimum Gasteiger partial charge on any atom is -0.462 e. The van der Waals surface area contributed by atoms with Crippen LogP contribution >= 0.6 is 22.9 Å². The molecule has 0 fully saturated rings. The molecule has 7 nitrogen and oxygen atoms in total. The Morgan fingerprint density at radius 2 is 2.17 bits per heavy atom. The van der Waals surface area contributed by atoms with Gasteiger partial charge in [0.25, 0.3) is 10.0 Å². The van der Waals surface area contributed by atoms with Crippen molar-refractivity contribution in [3.05, 3.63) is 33.1 Å². The van der Waals surface area contributed by atoms with Crippen LogP contribution in [0.25, 0.3) is 0 Å². The van der Waals surface area contributed by atoms with Crippen LogP contribution in [0.1, 0.15) is 29.1 Å². The van der Waals surface area contributed by atoms with Crippen LogP contribution in [0.15, 0.2) is 23.4 Å². The van der Waals surface area contributed by atoms with E-state index >= 15 is 0 Å². The van der Waals surface area contributed by atoms with Crippen molar-refractivity contribution in [1.29, 1.82) is 0 Å². The lowest BCUT2D eigenvalue weighted by Crippen LogP contribution is -2.31. The smallest absolute Gasteiger partial charge is 0.342 e. The molecule has 0 atom stereocenters. The number of carbonyl (C=O) groups excluding carboxylic acids is 1. The summed E-state index contributed by atoms with van der Waals surface area (Å²) in [6, 6.07) is 3.48. The second-order valence-electron chi connectivity index (χ2n) is 4.47. The highest BCUT2D eigenvalue weighted by Crippen LogP contribution is 2.26. The Morgan fingerprint density at radius 1 is 1.43 bits per heavy atom. The van der Waals surface area contributed by atoms with Gasteiger partial charge in [-0.25, -0.2) is 13.2 Å². The van der Waals surface area contributed by atoms with Gasteiger partial charge < -0.3 is 4.74 Å².